The van der Waals surface area contributed by atoms with Gasteiger partial charge in [-0.1, -0.05) is 0 Å². The summed E-state index contributed by atoms with van der Waals surface area (Å²) in [4.78, 5) is 13.4. The fraction of sp³-hybridized carbons (Fsp3) is 0.643. The molecule has 106 valence electrons. The van der Waals surface area contributed by atoms with Crippen LogP contribution in [0.2, 0.25) is 0 Å². The monoisotopic (exact) mass is 266 g/mol. The Morgan fingerprint density at radius 1 is 1.47 bits per heavy atom. The minimum absolute atomic E-state index is 0.249. The van der Waals surface area contributed by atoms with E-state index >= 15 is 0 Å². The van der Waals surface area contributed by atoms with E-state index in [9.17, 15) is 9.90 Å². The number of nitrogens with zero attached hydrogens (tertiary/aromatic N) is 2. The van der Waals surface area contributed by atoms with Crippen LogP contribution in [0.15, 0.2) is 18.3 Å². The lowest BCUT2D eigenvalue weighted by atomic mass is 10.0. The first kappa shape index (κ1) is 14.1. The van der Waals surface area contributed by atoms with Crippen LogP contribution in [-0.2, 0) is 0 Å². The number of carboxylic acid groups (broad SMARTS) is 1. The molecule has 1 unspecified atom stereocenters. The Labute approximate surface area is 113 Å². The lowest BCUT2D eigenvalue weighted by Crippen LogP contribution is -2.36. The standard InChI is InChI=1S/C14H22N2O3/c1-11(17)4-8-15-9-5-12(6-10-15)16-7-2-3-13(16)14(18)19/h2-3,7,11-12,17H,4-6,8-10H2,1H3,(H,18,19). The maximum Gasteiger partial charge on any atom is 0.352 e. The summed E-state index contributed by atoms with van der Waals surface area (Å²) >= 11 is 0. The van der Waals surface area contributed by atoms with Crippen LogP contribution in [0.3, 0.4) is 0 Å². The summed E-state index contributed by atoms with van der Waals surface area (Å²) in [6.45, 7) is 4.66. The molecule has 1 aromatic rings. The number of carbonyl (C=O) groups is 1. The number of hydrogen-bond acceptors (Lipinski definition) is 3. The summed E-state index contributed by atoms with van der Waals surface area (Å²) < 4.78 is 1.88. The largest absolute Gasteiger partial charge is 0.477 e. The molecule has 5 heteroatoms. The minimum atomic E-state index is -0.860. The Bertz CT molecular complexity index is 420. The molecule has 5 nitrogen and oxygen atoms in total. The van der Waals surface area contributed by atoms with Gasteiger partial charge in [0.1, 0.15) is 5.69 Å². The van der Waals surface area contributed by atoms with Crippen LogP contribution >= 0.6 is 0 Å². The zero-order valence-corrected chi connectivity index (χ0v) is 11.3. The normalized spacial score (nSPS) is 19.5. The summed E-state index contributed by atoms with van der Waals surface area (Å²) in [6.07, 6.45) is 4.35. The number of piperidine rings is 1. The number of aliphatic hydroxyl groups is 1. The van der Waals surface area contributed by atoms with Gasteiger partial charge < -0.3 is 19.7 Å². The van der Waals surface area contributed by atoms with Crippen LogP contribution in [0.5, 0.6) is 0 Å². The van der Waals surface area contributed by atoms with Gasteiger partial charge in [0, 0.05) is 31.9 Å². The molecule has 0 radical (unpaired) electrons. The zero-order chi connectivity index (χ0) is 13.8. The lowest BCUT2D eigenvalue weighted by molar-refractivity contribution is 0.0677. The van der Waals surface area contributed by atoms with E-state index in [0.717, 1.165) is 38.9 Å². The van der Waals surface area contributed by atoms with Crippen molar-refractivity contribution in [2.24, 2.45) is 0 Å². The fourth-order valence-corrected chi connectivity index (χ4v) is 2.68. The van der Waals surface area contributed by atoms with Gasteiger partial charge in [0.15, 0.2) is 0 Å². The molecule has 1 atom stereocenters. The van der Waals surface area contributed by atoms with Gasteiger partial charge in [0.05, 0.1) is 6.10 Å². The maximum absolute atomic E-state index is 11.1. The summed E-state index contributed by atoms with van der Waals surface area (Å²) in [6, 6.07) is 3.73. The van der Waals surface area contributed by atoms with Gasteiger partial charge >= 0.3 is 5.97 Å². The third kappa shape index (κ3) is 3.58. The van der Waals surface area contributed by atoms with Crippen molar-refractivity contribution in [3.8, 4) is 0 Å². The SMILES string of the molecule is CC(O)CCN1CCC(n2cccc2C(=O)O)CC1. The average Bonchev–Trinajstić information content (AvgIpc) is 2.86. The molecule has 1 fully saturated rings. The molecule has 1 aliphatic rings. The molecule has 0 aromatic carbocycles. The molecule has 0 amide bonds. The first-order valence-electron chi connectivity index (χ1n) is 6.88. The van der Waals surface area contributed by atoms with E-state index in [-0.39, 0.29) is 12.1 Å². The van der Waals surface area contributed by atoms with Gasteiger partial charge in [-0.05, 0) is 38.3 Å². The fourth-order valence-electron chi connectivity index (χ4n) is 2.68. The molecule has 1 aliphatic heterocycles. The molecule has 1 saturated heterocycles. The van der Waals surface area contributed by atoms with E-state index in [2.05, 4.69) is 4.90 Å². The summed E-state index contributed by atoms with van der Waals surface area (Å²) in [7, 11) is 0. The van der Waals surface area contributed by atoms with E-state index in [4.69, 9.17) is 5.11 Å². The van der Waals surface area contributed by atoms with Gasteiger partial charge in [0.25, 0.3) is 0 Å². The number of rotatable bonds is 5. The van der Waals surface area contributed by atoms with Gasteiger partial charge in [-0.25, -0.2) is 4.79 Å². The smallest absolute Gasteiger partial charge is 0.352 e. The number of hydrogen-bond donors (Lipinski definition) is 2. The molecule has 1 aromatic heterocycles. The summed E-state index contributed by atoms with van der Waals surface area (Å²) in [5, 5.41) is 18.4. The Morgan fingerprint density at radius 3 is 2.74 bits per heavy atom. The van der Waals surface area contributed by atoms with Crippen molar-refractivity contribution in [2.75, 3.05) is 19.6 Å². The van der Waals surface area contributed by atoms with Crippen LogP contribution < -0.4 is 0 Å². The van der Waals surface area contributed by atoms with E-state index in [1.54, 1.807) is 12.1 Å². The lowest BCUT2D eigenvalue weighted by Gasteiger charge is -2.33. The Hall–Kier alpha value is -1.33. The maximum atomic E-state index is 11.1. The first-order valence-corrected chi connectivity index (χ1v) is 6.88. The number of aromatic carboxylic acids is 1. The predicted molar refractivity (Wildman–Crippen MR) is 72.4 cm³/mol. The van der Waals surface area contributed by atoms with Crippen molar-refractivity contribution < 1.29 is 15.0 Å². The van der Waals surface area contributed by atoms with Gasteiger partial charge in [-0.2, -0.15) is 0 Å². The highest BCUT2D eigenvalue weighted by Crippen LogP contribution is 2.24. The summed E-state index contributed by atoms with van der Waals surface area (Å²) in [5.41, 5.74) is 0.377. The predicted octanol–water partition coefficient (Wildman–Crippen LogP) is 1.59. The Balaban J connectivity index is 1.89. The second-order valence-electron chi connectivity index (χ2n) is 5.32. The Morgan fingerprint density at radius 2 is 2.16 bits per heavy atom. The van der Waals surface area contributed by atoms with E-state index in [1.807, 2.05) is 17.7 Å². The highest BCUT2D eigenvalue weighted by atomic mass is 16.4. The van der Waals surface area contributed by atoms with Crippen LogP contribution in [0.1, 0.15) is 42.7 Å². The molecule has 0 spiro atoms. The number of aliphatic hydroxyl groups excluding tert-OH is 1. The molecule has 2 heterocycles. The van der Waals surface area contributed by atoms with Crippen molar-refractivity contribution in [1.29, 1.82) is 0 Å². The van der Waals surface area contributed by atoms with E-state index in [0.29, 0.717) is 5.69 Å². The number of carboxylic acids is 1. The molecular weight excluding hydrogens is 244 g/mol. The Kier molecular flexibility index (Phi) is 4.61. The van der Waals surface area contributed by atoms with Gasteiger partial charge in [0.2, 0.25) is 0 Å². The van der Waals surface area contributed by atoms with Crippen molar-refractivity contribution in [3.05, 3.63) is 24.0 Å². The van der Waals surface area contributed by atoms with Crippen molar-refractivity contribution in [3.63, 3.8) is 0 Å². The number of likely N-dealkylation sites (tertiary alicyclic amines) is 1. The second kappa shape index (κ2) is 6.21. The van der Waals surface area contributed by atoms with Crippen LogP contribution in [0, 0.1) is 0 Å². The molecule has 2 rings (SSSR count). The van der Waals surface area contributed by atoms with E-state index in [1.165, 1.54) is 0 Å². The third-order valence-electron chi connectivity index (χ3n) is 3.81. The quantitative estimate of drug-likeness (QED) is 0.849. The van der Waals surface area contributed by atoms with Crippen LogP contribution in [-0.4, -0.2) is 51.4 Å². The molecule has 0 bridgehead atoms. The van der Waals surface area contributed by atoms with Crippen molar-refractivity contribution in [2.45, 2.75) is 38.3 Å². The van der Waals surface area contributed by atoms with Gasteiger partial charge in [-0.15, -0.1) is 0 Å². The third-order valence-corrected chi connectivity index (χ3v) is 3.81. The van der Waals surface area contributed by atoms with Crippen molar-refractivity contribution >= 4 is 5.97 Å². The summed E-state index contributed by atoms with van der Waals surface area (Å²) in [5.74, 6) is -0.860. The topological polar surface area (TPSA) is 65.7 Å². The molecule has 19 heavy (non-hydrogen) atoms. The van der Waals surface area contributed by atoms with Crippen molar-refractivity contribution in [1.82, 2.24) is 9.47 Å². The number of aromatic nitrogens is 1. The highest BCUT2D eigenvalue weighted by molar-refractivity contribution is 5.85. The molecule has 0 saturated carbocycles. The minimum Gasteiger partial charge on any atom is -0.477 e. The molecule has 2 N–H and O–H groups in total. The average molecular weight is 266 g/mol. The molecule has 0 aliphatic carbocycles. The van der Waals surface area contributed by atoms with E-state index < -0.39 is 5.97 Å². The highest BCUT2D eigenvalue weighted by Gasteiger charge is 2.23. The van der Waals surface area contributed by atoms with Crippen LogP contribution in [0.25, 0.3) is 0 Å². The second-order valence-corrected chi connectivity index (χ2v) is 5.32. The zero-order valence-electron chi connectivity index (χ0n) is 11.3. The first-order chi connectivity index (χ1) is 9.08. The molecular formula is C14H22N2O3. The van der Waals surface area contributed by atoms with Gasteiger partial charge in [-0.3, -0.25) is 0 Å². The van der Waals surface area contributed by atoms with Crippen LogP contribution in [0.4, 0.5) is 0 Å².